The van der Waals surface area contributed by atoms with Crippen LogP contribution in [-0.4, -0.2) is 62.5 Å². The van der Waals surface area contributed by atoms with E-state index in [2.05, 4.69) is 37.1 Å². The summed E-state index contributed by atoms with van der Waals surface area (Å²) in [6.07, 6.45) is 3.28. The maximum atomic E-state index is 6.08. The van der Waals surface area contributed by atoms with Gasteiger partial charge in [0.1, 0.15) is 12.2 Å². The molecular weight excluding hydrogens is 481 g/mol. The van der Waals surface area contributed by atoms with Crippen molar-refractivity contribution in [1.82, 2.24) is 10.2 Å². The van der Waals surface area contributed by atoms with E-state index in [-0.39, 0.29) is 29.6 Å². The number of para-hydroxylation sites is 1. The Hall–Kier alpha value is -1.22. The summed E-state index contributed by atoms with van der Waals surface area (Å²) in [6.45, 7) is 12.2. The van der Waals surface area contributed by atoms with Crippen molar-refractivity contribution in [1.29, 1.82) is 0 Å². The molecule has 0 saturated carbocycles. The van der Waals surface area contributed by atoms with Crippen LogP contribution < -0.4 is 14.8 Å². The normalized spacial score (nSPS) is 24.9. The number of hydrogen-bond donors (Lipinski definition) is 1. The van der Waals surface area contributed by atoms with Gasteiger partial charge in [-0.05, 0) is 39.7 Å². The predicted octanol–water partition coefficient (Wildman–Crippen LogP) is 3.47. The van der Waals surface area contributed by atoms with Gasteiger partial charge in [0.25, 0.3) is 0 Å². The summed E-state index contributed by atoms with van der Waals surface area (Å²) in [4.78, 5) is 7.19. The molecule has 3 aliphatic heterocycles. The first-order valence-corrected chi connectivity index (χ1v) is 10.6. The molecule has 1 unspecified atom stereocenters. The van der Waals surface area contributed by atoms with E-state index in [4.69, 9.17) is 19.2 Å². The molecule has 0 aliphatic carbocycles. The zero-order valence-corrected chi connectivity index (χ0v) is 20.2. The fourth-order valence-electron chi connectivity index (χ4n) is 4.52. The first-order valence-electron chi connectivity index (χ1n) is 10.6. The molecule has 1 aromatic carbocycles. The molecule has 1 atom stereocenters. The smallest absolute Gasteiger partial charge is 0.194 e. The number of fused-ring (bicyclic) bond motifs is 1. The molecule has 0 aromatic heterocycles. The van der Waals surface area contributed by atoms with Crippen LogP contribution in [0, 0.1) is 5.41 Å². The maximum absolute atomic E-state index is 6.08. The number of benzene rings is 1. The Morgan fingerprint density at radius 3 is 2.93 bits per heavy atom. The minimum atomic E-state index is -0.159. The summed E-state index contributed by atoms with van der Waals surface area (Å²) in [6, 6.07) is 6.15. The van der Waals surface area contributed by atoms with E-state index in [1.54, 1.807) is 0 Å². The quantitative estimate of drug-likeness (QED) is 0.282. The number of rotatable bonds is 5. The molecule has 6 nitrogen and oxygen atoms in total. The molecule has 0 radical (unpaired) electrons. The lowest BCUT2D eigenvalue weighted by atomic mass is 9.87. The van der Waals surface area contributed by atoms with E-state index in [1.807, 2.05) is 12.1 Å². The van der Waals surface area contributed by atoms with Crippen LogP contribution in [0.1, 0.15) is 39.2 Å². The molecule has 0 amide bonds. The van der Waals surface area contributed by atoms with Gasteiger partial charge >= 0.3 is 0 Å². The number of guanidine groups is 1. The van der Waals surface area contributed by atoms with Gasteiger partial charge in [-0.15, -0.1) is 24.0 Å². The van der Waals surface area contributed by atoms with Crippen molar-refractivity contribution in [2.45, 2.75) is 45.6 Å². The third-order valence-electron chi connectivity index (χ3n) is 5.92. The van der Waals surface area contributed by atoms with Gasteiger partial charge in [-0.3, -0.25) is 0 Å². The topological polar surface area (TPSA) is 55.3 Å². The van der Waals surface area contributed by atoms with Crippen molar-refractivity contribution in [3.05, 3.63) is 23.8 Å². The van der Waals surface area contributed by atoms with Crippen LogP contribution in [0.5, 0.6) is 11.5 Å². The van der Waals surface area contributed by atoms with Crippen LogP contribution in [0.15, 0.2) is 23.2 Å². The van der Waals surface area contributed by atoms with E-state index >= 15 is 0 Å². The van der Waals surface area contributed by atoms with Crippen LogP contribution >= 0.6 is 24.0 Å². The summed E-state index contributed by atoms with van der Waals surface area (Å²) in [7, 11) is 0. The molecule has 0 bridgehead atoms. The maximum Gasteiger partial charge on any atom is 0.194 e. The highest BCUT2D eigenvalue weighted by atomic mass is 127. The van der Waals surface area contributed by atoms with Gasteiger partial charge < -0.3 is 24.4 Å². The highest BCUT2D eigenvalue weighted by Gasteiger charge is 2.42. The Balaban J connectivity index is 0.00000240. The lowest BCUT2D eigenvalue weighted by Gasteiger charge is -2.25. The van der Waals surface area contributed by atoms with Gasteiger partial charge in [0, 0.05) is 43.6 Å². The first-order chi connectivity index (χ1) is 13.5. The molecule has 3 heterocycles. The summed E-state index contributed by atoms with van der Waals surface area (Å²) in [5.74, 6) is 2.71. The Labute approximate surface area is 191 Å². The Morgan fingerprint density at radius 1 is 1.31 bits per heavy atom. The Kier molecular flexibility index (Phi) is 7.19. The number of nitrogens with one attached hydrogen (secondary N) is 1. The monoisotopic (exact) mass is 515 g/mol. The van der Waals surface area contributed by atoms with Crippen molar-refractivity contribution in [2.75, 3.05) is 46.0 Å². The van der Waals surface area contributed by atoms with E-state index in [0.29, 0.717) is 18.6 Å². The molecule has 1 spiro atoms. The summed E-state index contributed by atoms with van der Waals surface area (Å²) in [5, 5.41) is 3.44. The lowest BCUT2D eigenvalue weighted by Crippen LogP contribution is -2.41. The second-order valence-corrected chi connectivity index (χ2v) is 8.84. The number of aliphatic imine (C=N–C) groups is 1. The standard InChI is InChI=1S/C22H33N3O3.HI/c1-4-23-20(25-11-8-22(15-25)9-12-26-16-22)24-10-13-27-18-7-5-6-17-14-21(2,3)28-19(17)18;/h5-7H,4,8-16H2,1-3H3,(H,23,24);1H. The molecule has 2 saturated heterocycles. The Bertz CT molecular complexity index is 732. The van der Waals surface area contributed by atoms with Gasteiger partial charge in [0.05, 0.1) is 13.2 Å². The fraction of sp³-hybridized carbons (Fsp3) is 0.682. The molecule has 1 N–H and O–H groups in total. The third kappa shape index (κ3) is 5.10. The van der Waals surface area contributed by atoms with Crippen LogP contribution in [0.4, 0.5) is 0 Å². The van der Waals surface area contributed by atoms with Crippen molar-refractivity contribution in [3.8, 4) is 11.5 Å². The van der Waals surface area contributed by atoms with Crippen molar-refractivity contribution in [3.63, 3.8) is 0 Å². The summed E-state index contributed by atoms with van der Waals surface area (Å²) >= 11 is 0. The second kappa shape index (κ2) is 9.29. The van der Waals surface area contributed by atoms with Crippen LogP contribution in [0.2, 0.25) is 0 Å². The third-order valence-corrected chi connectivity index (χ3v) is 5.92. The molecule has 1 aromatic rings. The van der Waals surface area contributed by atoms with Gasteiger partial charge in [-0.1, -0.05) is 12.1 Å². The molecule has 7 heteroatoms. The molecular formula is C22H34IN3O3. The fourth-order valence-corrected chi connectivity index (χ4v) is 4.52. The highest BCUT2D eigenvalue weighted by Crippen LogP contribution is 2.41. The average molecular weight is 515 g/mol. The average Bonchev–Trinajstić information content (AvgIpc) is 3.36. The largest absolute Gasteiger partial charge is 0.488 e. The highest BCUT2D eigenvalue weighted by molar-refractivity contribution is 14.0. The number of halogens is 1. The minimum absolute atomic E-state index is 0. The molecule has 2 fully saturated rings. The number of nitrogens with zero attached hydrogens (tertiary/aromatic N) is 2. The molecule has 162 valence electrons. The van der Waals surface area contributed by atoms with Gasteiger partial charge in [-0.25, -0.2) is 4.99 Å². The van der Waals surface area contributed by atoms with E-state index in [0.717, 1.165) is 56.7 Å². The number of hydrogen-bond acceptors (Lipinski definition) is 4. The zero-order chi connectivity index (χ0) is 19.6. The van der Waals surface area contributed by atoms with Crippen molar-refractivity contribution >= 4 is 29.9 Å². The SMILES string of the molecule is CCNC(=NCCOc1cccc2c1OC(C)(C)C2)N1CCC2(CCOC2)C1.I. The predicted molar refractivity (Wildman–Crippen MR) is 126 cm³/mol. The first kappa shape index (κ1) is 22.5. The van der Waals surface area contributed by atoms with Gasteiger partial charge in [-0.2, -0.15) is 0 Å². The molecule has 29 heavy (non-hydrogen) atoms. The summed E-state index contributed by atoms with van der Waals surface area (Å²) in [5.41, 5.74) is 1.40. The van der Waals surface area contributed by atoms with Crippen LogP contribution in [0.3, 0.4) is 0 Å². The van der Waals surface area contributed by atoms with E-state index in [9.17, 15) is 0 Å². The molecule has 3 aliphatic rings. The van der Waals surface area contributed by atoms with Crippen molar-refractivity contribution < 1.29 is 14.2 Å². The zero-order valence-electron chi connectivity index (χ0n) is 17.8. The van der Waals surface area contributed by atoms with Gasteiger partial charge in [0.15, 0.2) is 17.5 Å². The minimum Gasteiger partial charge on any atom is -0.488 e. The van der Waals surface area contributed by atoms with Gasteiger partial charge in [0.2, 0.25) is 0 Å². The lowest BCUT2D eigenvalue weighted by molar-refractivity contribution is 0.132. The van der Waals surface area contributed by atoms with Crippen molar-refractivity contribution in [2.24, 2.45) is 10.4 Å². The second-order valence-electron chi connectivity index (χ2n) is 8.84. The van der Waals surface area contributed by atoms with E-state index in [1.165, 1.54) is 18.4 Å². The van der Waals surface area contributed by atoms with E-state index < -0.39 is 0 Å². The van der Waals surface area contributed by atoms with Crippen LogP contribution in [0.25, 0.3) is 0 Å². The number of likely N-dealkylation sites (tertiary alicyclic amines) is 1. The van der Waals surface area contributed by atoms with Crippen LogP contribution in [-0.2, 0) is 11.2 Å². The summed E-state index contributed by atoms with van der Waals surface area (Å²) < 4.78 is 17.8. The Morgan fingerprint density at radius 2 is 2.17 bits per heavy atom. The molecule has 4 rings (SSSR count). The number of ether oxygens (including phenoxy) is 3.